The van der Waals surface area contributed by atoms with E-state index in [1.165, 1.54) is 11.8 Å². The fraction of sp³-hybridized carbons (Fsp3) is 0.200. The summed E-state index contributed by atoms with van der Waals surface area (Å²) < 4.78 is 5.38. The number of piperazine rings is 1. The zero-order valence-electron chi connectivity index (χ0n) is 23.8. The third-order valence-electron chi connectivity index (χ3n) is 7.68. The highest BCUT2D eigenvalue weighted by Crippen LogP contribution is 2.43. The molecular weight excluding hydrogens is 542 g/mol. The fourth-order valence-electron chi connectivity index (χ4n) is 5.45. The van der Waals surface area contributed by atoms with Gasteiger partial charge in [-0.1, -0.05) is 78.0 Å². The van der Waals surface area contributed by atoms with Crippen LogP contribution in [0.1, 0.15) is 27.0 Å². The molecule has 0 radical (unpaired) electrons. The van der Waals surface area contributed by atoms with E-state index in [0.29, 0.717) is 30.1 Å². The minimum absolute atomic E-state index is 0.0123. The second-order valence-corrected chi connectivity index (χ2v) is 11.6. The van der Waals surface area contributed by atoms with Crippen molar-refractivity contribution in [3.8, 4) is 5.75 Å². The molecule has 4 aromatic carbocycles. The summed E-state index contributed by atoms with van der Waals surface area (Å²) >= 11 is 1.46. The molecule has 7 heteroatoms. The van der Waals surface area contributed by atoms with Crippen LogP contribution >= 0.6 is 11.8 Å². The van der Waals surface area contributed by atoms with E-state index >= 15 is 0 Å². The number of aryl methyl sites for hydroxylation is 1. The quantitative estimate of drug-likeness (QED) is 0.241. The van der Waals surface area contributed by atoms with Crippen molar-refractivity contribution in [2.24, 2.45) is 0 Å². The highest BCUT2D eigenvalue weighted by molar-refractivity contribution is 8.04. The highest BCUT2D eigenvalue weighted by atomic mass is 32.2. The Labute approximate surface area is 251 Å². The van der Waals surface area contributed by atoms with Crippen LogP contribution in [0.2, 0.25) is 0 Å². The lowest BCUT2D eigenvalue weighted by Gasteiger charge is -2.36. The highest BCUT2D eigenvalue weighted by Gasteiger charge is 2.31. The molecule has 2 aliphatic heterocycles. The van der Waals surface area contributed by atoms with Gasteiger partial charge in [-0.25, -0.2) is 0 Å². The van der Waals surface area contributed by atoms with Gasteiger partial charge in [-0.15, -0.1) is 0 Å². The average Bonchev–Trinajstić information content (AvgIpc) is 3.03. The Morgan fingerprint density at radius 2 is 1.67 bits per heavy atom. The zero-order chi connectivity index (χ0) is 29.1. The first-order valence-corrected chi connectivity index (χ1v) is 14.9. The number of rotatable bonds is 6. The lowest BCUT2D eigenvalue weighted by molar-refractivity contribution is -0.114. The van der Waals surface area contributed by atoms with Gasteiger partial charge in [0.15, 0.2) is 0 Å². The molecule has 2 amide bonds. The van der Waals surface area contributed by atoms with Gasteiger partial charge in [0, 0.05) is 48.4 Å². The van der Waals surface area contributed by atoms with Gasteiger partial charge < -0.3 is 19.4 Å². The van der Waals surface area contributed by atoms with E-state index in [4.69, 9.17) is 4.74 Å². The first kappa shape index (κ1) is 27.7. The molecule has 0 N–H and O–H groups in total. The van der Waals surface area contributed by atoms with E-state index in [1.807, 2.05) is 94.7 Å². The Morgan fingerprint density at radius 3 is 2.43 bits per heavy atom. The van der Waals surface area contributed by atoms with Crippen molar-refractivity contribution in [3.05, 3.63) is 124 Å². The molecule has 42 heavy (non-hydrogen) atoms. The number of carbonyl (C=O) groups is 2. The maximum absolute atomic E-state index is 13.9. The van der Waals surface area contributed by atoms with Gasteiger partial charge >= 0.3 is 0 Å². The Kier molecular flexibility index (Phi) is 8.02. The zero-order valence-corrected chi connectivity index (χ0v) is 24.6. The van der Waals surface area contributed by atoms with Crippen LogP contribution in [0.5, 0.6) is 5.75 Å². The molecule has 2 aliphatic rings. The molecule has 6 nitrogen and oxygen atoms in total. The molecule has 4 aromatic rings. The molecule has 0 spiro atoms. The van der Waals surface area contributed by atoms with Crippen LogP contribution in [0, 0.1) is 6.92 Å². The Morgan fingerprint density at radius 1 is 0.881 bits per heavy atom. The number of amides is 2. The van der Waals surface area contributed by atoms with Crippen LogP contribution in [0.25, 0.3) is 6.08 Å². The van der Waals surface area contributed by atoms with Crippen molar-refractivity contribution >= 4 is 41.0 Å². The van der Waals surface area contributed by atoms with Crippen LogP contribution in [0.15, 0.2) is 107 Å². The number of anilines is 2. The molecule has 0 aromatic heterocycles. The molecule has 0 aliphatic carbocycles. The van der Waals surface area contributed by atoms with Gasteiger partial charge in [-0.3, -0.25) is 9.59 Å². The summed E-state index contributed by atoms with van der Waals surface area (Å²) in [7, 11) is 1.67. The molecule has 0 unspecified atom stereocenters. The van der Waals surface area contributed by atoms with E-state index in [0.717, 1.165) is 51.8 Å². The number of thioether (sulfide) groups is 1. The summed E-state index contributed by atoms with van der Waals surface area (Å²) in [5.74, 6) is 0.750. The lowest BCUT2D eigenvalue weighted by Crippen LogP contribution is -2.48. The summed E-state index contributed by atoms with van der Waals surface area (Å²) in [6, 6.07) is 31.9. The number of methoxy groups -OCH3 is 1. The molecule has 0 atom stereocenters. The van der Waals surface area contributed by atoms with Gasteiger partial charge in [-0.2, -0.15) is 0 Å². The molecular formula is C35H33N3O3S. The third-order valence-corrected chi connectivity index (χ3v) is 8.76. The molecule has 212 valence electrons. The first-order chi connectivity index (χ1) is 20.5. The van der Waals surface area contributed by atoms with Gasteiger partial charge in [0.05, 0.1) is 24.2 Å². The van der Waals surface area contributed by atoms with Crippen LogP contribution < -0.4 is 14.5 Å². The molecule has 0 bridgehead atoms. The molecule has 1 fully saturated rings. The van der Waals surface area contributed by atoms with Crippen molar-refractivity contribution in [2.45, 2.75) is 18.4 Å². The normalized spacial score (nSPS) is 16.0. The largest absolute Gasteiger partial charge is 0.497 e. The van der Waals surface area contributed by atoms with Crippen molar-refractivity contribution in [1.82, 2.24) is 4.90 Å². The Hall–Kier alpha value is -4.49. The van der Waals surface area contributed by atoms with Gasteiger partial charge in [-0.05, 0) is 54.5 Å². The number of fused-ring (bicyclic) bond motifs is 1. The maximum Gasteiger partial charge on any atom is 0.265 e. The minimum Gasteiger partial charge on any atom is -0.497 e. The summed E-state index contributed by atoms with van der Waals surface area (Å²) in [4.78, 5) is 35.2. The third kappa shape index (κ3) is 5.92. The van der Waals surface area contributed by atoms with Gasteiger partial charge in [0.1, 0.15) is 5.75 Å². The van der Waals surface area contributed by atoms with E-state index in [2.05, 4.69) is 30.0 Å². The predicted molar refractivity (Wildman–Crippen MR) is 170 cm³/mol. The van der Waals surface area contributed by atoms with Crippen molar-refractivity contribution < 1.29 is 14.3 Å². The van der Waals surface area contributed by atoms with Gasteiger partial charge in [0.2, 0.25) is 0 Å². The molecule has 0 saturated carbocycles. The SMILES string of the molecule is COc1cccc(N2CCN(C(=O)c3ccc4c(c3)N(Cc3cccc(C)c3)C(=O)C(=Cc3ccccc3)S4)CC2)c1. The predicted octanol–water partition coefficient (Wildman–Crippen LogP) is 6.65. The van der Waals surface area contributed by atoms with Crippen LogP contribution in [0.4, 0.5) is 11.4 Å². The molecule has 1 saturated heterocycles. The summed E-state index contributed by atoms with van der Waals surface area (Å²) in [5.41, 5.74) is 5.64. The second kappa shape index (κ2) is 12.2. The summed E-state index contributed by atoms with van der Waals surface area (Å²) in [6.07, 6.45) is 1.94. The van der Waals surface area contributed by atoms with Crippen LogP contribution in [-0.4, -0.2) is 50.0 Å². The first-order valence-electron chi connectivity index (χ1n) is 14.1. The van der Waals surface area contributed by atoms with Crippen molar-refractivity contribution in [1.29, 1.82) is 0 Å². The van der Waals surface area contributed by atoms with Crippen LogP contribution in [-0.2, 0) is 11.3 Å². The molecule has 6 rings (SSSR count). The van der Waals surface area contributed by atoms with Crippen molar-refractivity contribution in [2.75, 3.05) is 43.1 Å². The van der Waals surface area contributed by atoms with E-state index in [9.17, 15) is 9.59 Å². The smallest absolute Gasteiger partial charge is 0.265 e. The minimum atomic E-state index is -0.0608. The van der Waals surface area contributed by atoms with Gasteiger partial charge in [0.25, 0.3) is 11.8 Å². The standard InChI is InChI=1S/C35H33N3O3S/c1-25-8-6-11-27(20-25)24-38-31-22-28(14-15-32(31)42-33(35(38)40)21-26-9-4-3-5-10-26)34(39)37-18-16-36(17-19-37)29-12-7-13-30(23-29)41-2/h3-15,20-23H,16-19,24H2,1-2H3. The van der Waals surface area contributed by atoms with E-state index < -0.39 is 0 Å². The molecule has 2 heterocycles. The monoisotopic (exact) mass is 575 g/mol. The summed E-state index contributed by atoms with van der Waals surface area (Å²) in [6.45, 7) is 5.21. The fourth-order valence-corrected chi connectivity index (χ4v) is 6.49. The number of benzene rings is 4. The number of hydrogen-bond donors (Lipinski definition) is 0. The van der Waals surface area contributed by atoms with Crippen molar-refractivity contribution in [3.63, 3.8) is 0 Å². The summed E-state index contributed by atoms with van der Waals surface area (Å²) in [5, 5.41) is 0. The Bertz CT molecular complexity index is 1640. The lowest BCUT2D eigenvalue weighted by atomic mass is 10.1. The number of ether oxygens (including phenoxy) is 1. The average molecular weight is 576 g/mol. The van der Waals surface area contributed by atoms with Crippen LogP contribution in [0.3, 0.4) is 0 Å². The maximum atomic E-state index is 13.9. The second-order valence-electron chi connectivity index (χ2n) is 10.6. The number of hydrogen-bond acceptors (Lipinski definition) is 5. The topological polar surface area (TPSA) is 53.1 Å². The Balaban J connectivity index is 1.26. The van der Waals surface area contributed by atoms with E-state index in [-0.39, 0.29) is 11.8 Å². The number of carbonyl (C=O) groups excluding carboxylic acids is 2. The van der Waals surface area contributed by atoms with E-state index in [1.54, 1.807) is 7.11 Å². The number of nitrogens with zero attached hydrogens (tertiary/aromatic N) is 3.